The average molecular weight is 356 g/mol. The maximum Gasteiger partial charge on any atom is 0.236 e. The Balaban J connectivity index is 1.71. The van der Waals surface area contributed by atoms with Crippen LogP contribution in [0.4, 0.5) is 0 Å². The summed E-state index contributed by atoms with van der Waals surface area (Å²) in [6, 6.07) is 4.14. The van der Waals surface area contributed by atoms with Crippen LogP contribution in [0, 0.1) is 0 Å². The Morgan fingerprint density at radius 2 is 2.40 bits per heavy atom. The number of nitrogens with one attached hydrogen (secondary N) is 1. The average Bonchev–Trinajstić information content (AvgIpc) is 3.04. The molecule has 2 heterocycles. The van der Waals surface area contributed by atoms with E-state index >= 15 is 0 Å². The monoisotopic (exact) mass is 355 g/mol. The number of hydrogen-bond donors (Lipinski definition) is 1. The van der Waals surface area contributed by atoms with E-state index < -0.39 is 0 Å². The van der Waals surface area contributed by atoms with Crippen molar-refractivity contribution in [1.29, 1.82) is 0 Å². The molecule has 1 atom stereocenters. The lowest BCUT2D eigenvalue weighted by Crippen LogP contribution is -2.39. The summed E-state index contributed by atoms with van der Waals surface area (Å²) in [7, 11) is 0. The zero-order valence-electron chi connectivity index (χ0n) is 11.5. The fraction of sp³-hybridized carbons (Fsp3) is 0.533. The molecule has 20 heavy (non-hydrogen) atoms. The Kier molecular flexibility index (Phi) is 4.00. The summed E-state index contributed by atoms with van der Waals surface area (Å²) < 4.78 is 6.48. The van der Waals surface area contributed by atoms with Crippen molar-refractivity contribution in [3.8, 4) is 5.75 Å². The van der Waals surface area contributed by atoms with Crippen molar-refractivity contribution in [2.75, 3.05) is 12.4 Å². The molecule has 2 aliphatic rings. The Labute approximate surface area is 132 Å². The van der Waals surface area contributed by atoms with Gasteiger partial charge in [-0.25, -0.2) is 0 Å². The summed E-state index contributed by atoms with van der Waals surface area (Å²) in [4.78, 5) is 12.3. The van der Waals surface area contributed by atoms with E-state index in [1.165, 1.54) is 5.56 Å². The predicted octanol–water partition coefficient (Wildman–Crippen LogP) is 3.29. The third-order valence-electron chi connectivity index (χ3n) is 3.96. The van der Waals surface area contributed by atoms with Gasteiger partial charge in [0.05, 0.1) is 11.4 Å². The fourth-order valence-corrected chi connectivity index (χ4v) is 4.58. The molecule has 3 nitrogen and oxygen atoms in total. The minimum absolute atomic E-state index is 0.145. The Hall–Kier alpha value is -0.680. The van der Waals surface area contributed by atoms with Gasteiger partial charge in [-0.2, -0.15) is 0 Å². The second-order valence-corrected chi connectivity index (χ2v) is 8.03. The number of halogens is 1. The van der Waals surface area contributed by atoms with Gasteiger partial charge in [0.15, 0.2) is 0 Å². The van der Waals surface area contributed by atoms with E-state index in [2.05, 4.69) is 27.3 Å². The van der Waals surface area contributed by atoms with E-state index in [9.17, 15) is 4.79 Å². The highest BCUT2D eigenvalue weighted by Crippen LogP contribution is 2.38. The Morgan fingerprint density at radius 3 is 3.15 bits per heavy atom. The molecule has 0 bridgehead atoms. The molecule has 1 amide bonds. The summed E-state index contributed by atoms with van der Waals surface area (Å²) in [6.07, 6.45) is 3.05. The Bertz CT molecular complexity index is 541. The van der Waals surface area contributed by atoms with Crippen molar-refractivity contribution >= 4 is 33.6 Å². The molecule has 0 aliphatic carbocycles. The van der Waals surface area contributed by atoms with Gasteiger partial charge in [0, 0.05) is 23.0 Å². The summed E-state index contributed by atoms with van der Waals surface area (Å²) in [6.45, 7) is 3.32. The highest BCUT2D eigenvalue weighted by molar-refractivity contribution is 9.10. The molecular formula is C15H18BrNO2S. The summed E-state index contributed by atoms with van der Waals surface area (Å²) in [5, 5.41) is 3.08. The number of thioether (sulfide) groups is 1. The molecule has 0 radical (unpaired) electrons. The van der Waals surface area contributed by atoms with Crippen LogP contribution < -0.4 is 10.1 Å². The van der Waals surface area contributed by atoms with E-state index in [1.807, 2.05) is 13.0 Å². The molecule has 2 aliphatic heterocycles. The summed E-state index contributed by atoms with van der Waals surface area (Å²) in [5.41, 5.74) is 2.29. The molecule has 1 unspecified atom stereocenters. The molecule has 1 saturated heterocycles. The van der Waals surface area contributed by atoms with E-state index in [4.69, 9.17) is 4.74 Å². The zero-order chi connectivity index (χ0) is 14.2. The molecule has 1 N–H and O–H groups in total. The third kappa shape index (κ3) is 2.70. The first-order valence-electron chi connectivity index (χ1n) is 6.95. The number of hydrogen-bond acceptors (Lipinski definition) is 3. The second kappa shape index (κ2) is 5.60. The molecule has 1 fully saturated rings. The second-order valence-electron chi connectivity index (χ2n) is 5.52. The van der Waals surface area contributed by atoms with Crippen LogP contribution in [0.3, 0.4) is 0 Å². The van der Waals surface area contributed by atoms with Crippen LogP contribution >= 0.6 is 27.7 Å². The van der Waals surface area contributed by atoms with Gasteiger partial charge in [-0.3, -0.25) is 4.79 Å². The largest absolute Gasteiger partial charge is 0.493 e. The molecule has 0 saturated carbocycles. The minimum atomic E-state index is -0.254. The van der Waals surface area contributed by atoms with E-state index in [-0.39, 0.29) is 10.7 Å². The van der Waals surface area contributed by atoms with E-state index in [1.54, 1.807) is 11.8 Å². The van der Waals surface area contributed by atoms with E-state index in [0.29, 0.717) is 6.54 Å². The quantitative estimate of drug-likeness (QED) is 0.903. The molecule has 3 rings (SSSR count). The van der Waals surface area contributed by atoms with Crippen LogP contribution in [-0.4, -0.2) is 23.0 Å². The highest BCUT2D eigenvalue weighted by atomic mass is 79.9. The third-order valence-corrected chi connectivity index (χ3v) is 5.94. The van der Waals surface area contributed by atoms with Gasteiger partial charge in [-0.15, -0.1) is 11.8 Å². The number of amides is 1. The first-order chi connectivity index (χ1) is 9.58. The molecular weight excluding hydrogens is 338 g/mol. The van der Waals surface area contributed by atoms with Crippen LogP contribution in [0.2, 0.25) is 0 Å². The summed E-state index contributed by atoms with van der Waals surface area (Å²) >= 11 is 5.29. The van der Waals surface area contributed by atoms with Gasteiger partial charge in [0.25, 0.3) is 0 Å². The molecule has 1 aromatic carbocycles. The van der Waals surface area contributed by atoms with Gasteiger partial charge >= 0.3 is 0 Å². The highest BCUT2D eigenvalue weighted by Gasteiger charge is 2.37. The van der Waals surface area contributed by atoms with Gasteiger partial charge in [-0.1, -0.05) is 15.9 Å². The topological polar surface area (TPSA) is 38.3 Å². The van der Waals surface area contributed by atoms with Crippen molar-refractivity contribution < 1.29 is 9.53 Å². The SMILES string of the molecule is CC1(C(=O)NCc2cc(Br)cc3c2OCC3)CCCS1. The van der Waals surface area contributed by atoms with Gasteiger partial charge in [-0.05, 0) is 43.2 Å². The first kappa shape index (κ1) is 14.3. The lowest BCUT2D eigenvalue weighted by atomic mass is 10.0. The lowest BCUT2D eigenvalue weighted by Gasteiger charge is -2.21. The van der Waals surface area contributed by atoms with Gasteiger partial charge < -0.3 is 10.1 Å². The van der Waals surface area contributed by atoms with Crippen LogP contribution in [0.5, 0.6) is 5.75 Å². The van der Waals surface area contributed by atoms with Crippen molar-refractivity contribution in [2.24, 2.45) is 0 Å². The van der Waals surface area contributed by atoms with Crippen molar-refractivity contribution in [1.82, 2.24) is 5.32 Å². The van der Waals surface area contributed by atoms with Crippen LogP contribution in [0.15, 0.2) is 16.6 Å². The Morgan fingerprint density at radius 1 is 1.55 bits per heavy atom. The van der Waals surface area contributed by atoms with E-state index in [0.717, 1.165) is 47.4 Å². The van der Waals surface area contributed by atoms with Gasteiger partial charge in [0.2, 0.25) is 5.91 Å². The standard InChI is InChI=1S/C15H18BrNO2S/c1-15(4-2-6-20-15)14(18)17-9-11-8-12(16)7-10-3-5-19-13(10)11/h7-8H,2-6,9H2,1H3,(H,17,18). The normalized spacial score (nSPS) is 24.3. The molecule has 1 aromatic rings. The van der Waals surface area contributed by atoms with Crippen LogP contribution in [0.1, 0.15) is 30.9 Å². The summed E-state index contributed by atoms with van der Waals surface area (Å²) in [5.74, 6) is 2.18. The number of benzene rings is 1. The molecule has 0 spiro atoms. The number of carbonyl (C=O) groups excluding carboxylic acids is 1. The maximum absolute atomic E-state index is 12.3. The number of ether oxygens (including phenoxy) is 1. The first-order valence-corrected chi connectivity index (χ1v) is 8.73. The molecule has 108 valence electrons. The number of carbonyl (C=O) groups is 1. The molecule has 0 aromatic heterocycles. The minimum Gasteiger partial charge on any atom is -0.493 e. The fourth-order valence-electron chi connectivity index (χ4n) is 2.80. The predicted molar refractivity (Wildman–Crippen MR) is 85.3 cm³/mol. The van der Waals surface area contributed by atoms with Crippen LogP contribution in [0.25, 0.3) is 0 Å². The number of rotatable bonds is 3. The zero-order valence-corrected chi connectivity index (χ0v) is 13.9. The smallest absolute Gasteiger partial charge is 0.236 e. The number of fused-ring (bicyclic) bond motifs is 1. The maximum atomic E-state index is 12.3. The van der Waals surface area contributed by atoms with Crippen molar-refractivity contribution in [3.05, 3.63) is 27.7 Å². The molecule has 5 heteroatoms. The van der Waals surface area contributed by atoms with Crippen molar-refractivity contribution in [2.45, 2.75) is 37.5 Å². The van der Waals surface area contributed by atoms with Crippen molar-refractivity contribution in [3.63, 3.8) is 0 Å². The lowest BCUT2D eigenvalue weighted by molar-refractivity contribution is -0.123. The van der Waals surface area contributed by atoms with Gasteiger partial charge in [0.1, 0.15) is 5.75 Å². The van der Waals surface area contributed by atoms with Crippen LogP contribution in [-0.2, 0) is 17.8 Å².